The smallest absolute Gasteiger partial charge is 0.410 e. The van der Waals surface area contributed by atoms with E-state index in [1.54, 1.807) is 29.2 Å². The number of hydrogen-bond acceptors (Lipinski definition) is 12. The van der Waals surface area contributed by atoms with E-state index < -0.39 is 28.8 Å². The van der Waals surface area contributed by atoms with Crippen molar-refractivity contribution in [1.82, 2.24) is 4.90 Å². The first kappa shape index (κ1) is 52.5. The predicted molar refractivity (Wildman–Crippen MR) is 286 cm³/mol. The Balaban J connectivity index is 1.21. The van der Waals surface area contributed by atoms with Crippen molar-refractivity contribution in [2.24, 2.45) is 22.9 Å². The van der Waals surface area contributed by atoms with E-state index in [0.29, 0.717) is 48.8 Å². The van der Waals surface area contributed by atoms with Gasteiger partial charge in [0.1, 0.15) is 36.5 Å². The maximum atomic E-state index is 15.4. The second-order valence-electron chi connectivity index (χ2n) is 19.3. The predicted octanol–water partition coefficient (Wildman–Crippen LogP) is 12.2. The van der Waals surface area contributed by atoms with Gasteiger partial charge >= 0.3 is 6.09 Å². The number of aliphatic hydroxyl groups is 2. The summed E-state index contributed by atoms with van der Waals surface area (Å²) in [6.45, 7) is 5.03. The van der Waals surface area contributed by atoms with Crippen molar-refractivity contribution in [2.75, 3.05) is 33.0 Å². The number of rotatable bonds is 25. The summed E-state index contributed by atoms with van der Waals surface area (Å²) in [4.78, 5) is 34.8. The van der Waals surface area contributed by atoms with Crippen LogP contribution in [-0.4, -0.2) is 76.7 Å². The monoisotopic (exact) mass is 1020 g/mol. The molecule has 6 atom stereocenters. The highest BCUT2D eigenvalue weighted by Gasteiger charge is 2.66. The third kappa shape index (κ3) is 12.3. The highest BCUT2D eigenvalue weighted by molar-refractivity contribution is 6.03. The molecule has 1 aliphatic heterocycles. The number of benzene rings is 6. The van der Waals surface area contributed by atoms with Gasteiger partial charge in [0.25, 0.3) is 5.69 Å². The molecule has 0 aromatic heterocycles. The van der Waals surface area contributed by atoms with Crippen molar-refractivity contribution in [1.29, 1.82) is 0 Å². The number of carbonyl (C=O) groups excluding carboxylic acids is 1. The number of non-ortho nitro benzene ring substituents is 1. The van der Waals surface area contributed by atoms with Gasteiger partial charge in [-0.05, 0) is 94.8 Å². The maximum absolute atomic E-state index is 15.4. The van der Waals surface area contributed by atoms with Crippen LogP contribution in [0.2, 0.25) is 0 Å². The summed E-state index contributed by atoms with van der Waals surface area (Å²) in [6.07, 6.45) is 7.69. The highest BCUT2D eigenvalue weighted by Crippen LogP contribution is 2.62. The average molecular weight is 1020 g/mol. The zero-order valence-electron chi connectivity index (χ0n) is 42.1. The van der Waals surface area contributed by atoms with Gasteiger partial charge in [-0.2, -0.15) is 0 Å². The number of carbonyl (C=O) groups is 1. The molecule has 0 saturated heterocycles. The molecule has 14 nitrogen and oxygen atoms in total. The summed E-state index contributed by atoms with van der Waals surface area (Å²) in [5.74, 6) is -1.41. The molecule has 6 aromatic carbocycles. The molecule has 1 saturated carbocycles. The van der Waals surface area contributed by atoms with Crippen LogP contribution >= 0.6 is 0 Å². The third-order valence-electron chi connectivity index (χ3n) is 14.6. The zero-order chi connectivity index (χ0) is 52.0. The number of amides is 1. The molecule has 3 aliphatic rings. The SMILES string of the molecule is C=CCOC12Oc3ccc(Oc4cccc([N+](=O)[O-])c4)cc3C3C(CCCCO)C(CCCCO)C=C(C(=NOCc4ccccc4)CC1N(Cc1cccc4ccccc14)C(=O)OCCOCc1ccccc1)C32. The van der Waals surface area contributed by atoms with Crippen molar-refractivity contribution in [2.45, 2.75) is 82.5 Å². The molecule has 2 aliphatic carbocycles. The molecule has 390 valence electrons. The van der Waals surface area contributed by atoms with Crippen molar-refractivity contribution in [3.05, 3.63) is 202 Å². The molecule has 1 heterocycles. The Morgan fingerprint density at radius 3 is 2.28 bits per heavy atom. The number of allylic oxidation sites excluding steroid dienone is 1. The Morgan fingerprint density at radius 2 is 1.52 bits per heavy atom. The summed E-state index contributed by atoms with van der Waals surface area (Å²) in [7, 11) is 0. The molecule has 6 unspecified atom stereocenters. The second-order valence-corrected chi connectivity index (χ2v) is 19.3. The quantitative estimate of drug-likeness (QED) is 0.0242. The first-order chi connectivity index (χ1) is 36.8. The van der Waals surface area contributed by atoms with E-state index in [4.69, 9.17) is 33.7 Å². The molecule has 9 rings (SSSR count). The molecule has 75 heavy (non-hydrogen) atoms. The van der Waals surface area contributed by atoms with Gasteiger partial charge in [-0.15, -0.1) is 6.58 Å². The molecular weight excluding hydrogens is 951 g/mol. The number of nitro groups is 1. The van der Waals surface area contributed by atoms with Gasteiger partial charge in [0, 0.05) is 37.2 Å². The van der Waals surface area contributed by atoms with Crippen LogP contribution in [0.25, 0.3) is 10.8 Å². The van der Waals surface area contributed by atoms with E-state index in [2.05, 4.69) is 12.7 Å². The van der Waals surface area contributed by atoms with Crippen molar-refractivity contribution in [3.63, 3.8) is 0 Å². The van der Waals surface area contributed by atoms with Crippen LogP contribution in [0.3, 0.4) is 0 Å². The van der Waals surface area contributed by atoms with Gasteiger partial charge in [-0.3, -0.25) is 15.0 Å². The first-order valence-electron chi connectivity index (χ1n) is 26.0. The van der Waals surface area contributed by atoms with E-state index in [0.717, 1.165) is 57.9 Å². The minimum absolute atomic E-state index is 0.0250. The standard InChI is InChI=1S/C61H65N3O11/c1-2-33-72-61-57(63(40-47-24-15-23-45-21-9-10-27-51(45)47)60(67)71-35-34-70-41-43-17-5-3-6-18-43)39-55(62-73-42-44-19-7-4-8-20-44)53-36-46(22-11-13-31-65)52(28-12-14-32-66)58(59(53)61)54-38-50(29-30-56(54)75-61)74-49-26-16-25-48(37-49)64(68)69/h2-10,15-21,23-27,29-30,36-38,46,52,57-59,65-66H,1,11-14,22,28,31-35,39-42H2. The van der Waals surface area contributed by atoms with Gasteiger partial charge < -0.3 is 38.7 Å². The second kappa shape index (κ2) is 25.2. The lowest BCUT2D eigenvalue weighted by molar-refractivity contribution is -0.384. The van der Waals surface area contributed by atoms with Crippen molar-refractivity contribution < 1.29 is 48.5 Å². The topological polar surface area (TPSA) is 172 Å². The van der Waals surface area contributed by atoms with Gasteiger partial charge in [-0.1, -0.05) is 139 Å². The lowest BCUT2D eigenvalue weighted by Gasteiger charge is -2.59. The summed E-state index contributed by atoms with van der Waals surface area (Å²) in [5.41, 5.74) is 5.04. The van der Waals surface area contributed by atoms with Gasteiger partial charge in [0.15, 0.2) is 0 Å². The molecule has 2 N–H and O–H groups in total. The third-order valence-corrected chi connectivity index (χ3v) is 14.6. The minimum Gasteiger partial charge on any atom is -0.459 e. The Morgan fingerprint density at radius 1 is 0.813 bits per heavy atom. The Labute approximate surface area is 437 Å². The molecule has 6 aromatic rings. The van der Waals surface area contributed by atoms with Crippen LogP contribution in [0.5, 0.6) is 17.2 Å². The fourth-order valence-corrected chi connectivity index (χ4v) is 11.2. The number of ether oxygens (including phenoxy) is 5. The Bertz CT molecular complexity index is 2940. The molecule has 0 bridgehead atoms. The minimum atomic E-state index is -1.59. The van der Waals surface area contributed by atoms with Gasteiger partial charge in [-0.25, -0.2) is 4.79 Å². The molecule has 1 fully saturated rings. The number of hydrogen-bond donors (Lipinski definition) is 2. The fourth-order valence-electron chi connectivity index (χ4n) is 11.2. The molecule has 1 amide bonds. The van der Waals surface area contributed by atoms with Crippen molar-refractivity contribution >= 4 is 28.3 Å². The lowest BCUT2D eigenvalue weighted by atomic mass is 9.55. The Hall–Kier alpha value is -7.36. The molecule has 0 spiro atoms. The summed E-state index contributed by atoms with van der Waals surface area (Å²) in [6, 6.07) is 44.5. The summed E-state index contributed by atoms with van der Waals surface area (Å²) >= 11 is 0. The van der Waals surface area contributed by atoms with E-state index in [9.17, 15) is 20.3 Å². The number of fused-ring (bicyclic) bond motifs is 3. The van der Waals surface area contributed by atoms with Gasteiger partial charge in [0.2, 0.25) is 5.79 Å². The van der Waals surface area contributed by atoms with E-state index in [1.807, 2.05) is 115 Å². The van der Waals surface area contributed by atoms with Gasteiger partial charge in [0.05, 0.1) is 49.0 Å². The maximum Gasteiger partial charge on any atom is 0.410 e. The van der Waals surface area contributed by atoms with Crippen LogP contribution in [0, 0.1) is 27.9 Å². The fraction of sp³-hybridized carbons (Fsp3) is 0.344. The van der Waals surface area contributed by atoms with Crippen LogP contribution in [-0.2, 0) is 38.8 Å². The van der Waals surface area contributed by atoms with Crippen LogP contribution < -0.4 is 9.47 Å². The van der Waals surface area contributed by atoms with Crippen LogP contribution in [0.1, 0.15) is 73.1 Å². The normalized spacial score (nSPS) is 21.0. The van der Waals surface area contributed by atoms with E-state index in [-0.39, 0.29) is 76.0 Å². The van der Waals surface area contributed by atoms with Crippen LogP contribution in [0.4, 0.5) is 10.5 Å². The highest BCUT2D eigenvalue weighted by atomic mass is 16.7. The van der Waals surface area contributed by atoms with E-state index >= 15 is 4.79 Å². The number of oxime groups is 1. The zero-order valence-corrected chi connectivity index (χ0v) is 42.1. The van der Waals surface area contributed by atoms with E-state index in [1.165, 1.54) is 12.1 Å². The number of nitrogens with zero attached hydrogens (tertiary/aromatic N) is 3. The number of nitro benzene ring substituents is 1. The summed E-state index contributed by atoms with van der Waals surface area (Å²) < 4.78 is 33.4. The van der Waals surface area contributed by atoms with Crippen LogP contribution in [0.15, 0.2) is 175 Å². The lowest BCUT2D eigenvalue weighted by Crippen LogP contribution is -2.70. The number of aliphatic hydroxyl groups excluding tert-OH is 2. The Kier molecular flexibility index (Phi) is 17.7. The largest absolute Gasteiger partial charge is 0.459 e. The first-order valence-corrected chi connectivity index (χ1v) is 26.0. The average Bonchev–Trinajstić information content (AvgIpc) is 3.44. The number of unbranched alkanes of at least 4 members (excludes halogenated alkanes) is 2. The van der Waals surface area contributed by atoms with Crippen molar-refractivity contribution in [3.8, 4) is 17.2 Å². The molecule has 0 radical (unpaired) electrons. The molecular formula is C61H65N3O11. The summed E-state index contributed by atoms with van der Waals surface area (Å²) in [5, 5.41) is 39.0. The molecule has 14 heteroatoms.